The number of carboxylic acids is 1. The van der Waals surface area contributed by atoms with Gasteiger partial charge >= 0.3 is 5.97 Å². The number of hydrogen-bond acceptors (Lipinski definition) is 4. The zero-order chi connectivity index (χ0) is 10.3. The van der Waals surface area contributed by atoms with Crippen molar-refractivity contribution in [1.29, 1.82) is 0 Å². The van der Waals surface area contributed by atoms with Crippen LogP contribution in [0.25, 0.3) is 5.52 Å². The molecule has 0 bridgehead atoms. The van der Waals surface area contributed by atoms with Crippen molar-refractivity contribution in [3.63, 3.8) is 0 Å². The topological polar surface area (TPSA) is 80.4 Å². The second-order valence-corrected chi connectivity index (χ2v) is 2.93. The molecule has 0 aliphatic rings. The summed E-state index contributed by atoms with van der Waals surface area (Å²) in [4.78, 5) is 18.7. The SMILES string of the molecule is Cc1ncc2c(C)nc(C(=O)O)n2n1. The van der Waals surface area contributed by atoms with E-state index in [0.717, 1.165) is 0 Å². The van der Waals surface area contributed by atoms with Gasteiger partial charge in [0.25, 0.3) is 0 Å². The molecule has 14 heavy (non-hydrogen) atoms. The highest BCUT2D eigenvalue weighted by atomic mass is 16.4. The first-order valence-corrected chi connectivity index (χ1v) is 4.02. The zero-order valence-electron chi connectivity index (χ0n) is 7.72. The van der Waals surface area contributed by atoms with Crippen molar-refractivity contribution in [2.75, 3.05) is 0 Å². The predicted molar refractivity (Wildman–Crippen MR) is 47.2 cm³/mol. The van der Waals surface area contributed by atoms with E-state index in [1.165, 1.54) is 4.52 Å². The van der Waals surface area contributed by atoms with Gasteiger partial charge in [-0.25, -0.2) is 19.3 Å². The Morgan fingerprint density at radius 1 is 1.50 bits per heavy atom. The molecule has 0 saturated heterocycles. The summed E-state index contributed by atoms with van der Waals surface area (Å²) in [5, 5.41) is 12.8. The van der Waals surface area contributed by atoms with Crippen LogP contribution in [0.2, 0.25) is 0 Å². The maximum atomic E-state index is 10.8. The summed E-state index contributed by atoms with van der Waals surface area (Å²) in [6.45, 7) is 3.42. The average Bonchev–Trinajstić information content (AvgIpc) is 2.43. The minimum absolute atomic E-state index is 0.0806. The third-order valence-corrected chi connectivity index (χ3v) is 1.88. The Balaban J connectivity index is 2.85. The largest absolute Gasteiger partial charge is 0.475 e. The van der Waals surface area contributed by atoms with Gasteiger partial charge in [0.2, 0.25) is 5.82 Å². The molecular formula is C8H8N4O2. The molecule has 2 heterocycles. The third kappa shape index (κ3) is 1.12. The van der Waals surface area contributed by atoms with Crippen molar-refractivity contribution in [3.05, 3.63) is 23.5 Å². The molecule has 2 aromatic heterocycles. The summed E-state index contributed by atoms with van der Waals surface area (Å²) >= 11 is 0. The van der Waals surface area contributed by atoms with Crippen molar-refractivity contribution < 1.29 is 9.90 Å². The molecule has 2 rings (SSSR count). The summed E-state index contributed by atoms with van der Waals surface area (Å²) in [6, 6.07) is 0. The van der Waals surface area contributed by atoms with Crippen LogP contribution >= 0.6 is 0 Å². The maximum absolute atomic E-state index is 10.8. The van der Waals surface area contributed by atoms with Gasteiger partial charge in [0.05, 0.1) is 11.9 Å². The molecule has 0 aromatic carbocycles. The van der Waals surface area contributed by atoms with E-state index in [-0.39, 0.29) is 5.82 Å². The van der Waals surface area contributed by atoms with Gasteiger partial charge in [-0.15, -0.1) is 0 Å². The lowest BCUT2D eigenvalue weighted by atomic mass is 10.4. The molecule has 0 saturated carbocycles. The zero-order valence-corrected chi connectivity index (χ0v) is 7.72. The van der Waals surface area contributed by atoms with E-state index >= 15 is 0 Å². The molecule has 0 unspecified atom stereocenters. The number of aromatic carboxylic acids is 1. The van der Waals surface area contributed by atoms with E-state index in [0.29, 0.717) is 17.0 Å². The lowest BCUT2D eigenvalue weighted by Gasteiger charge is -1.95. The fourth-order valence-corrected chi connectivity index (χ4v) is 1.24. The van der Waals surface area contributed by atoms with Crippen LogP contribution in [-0.2, 0) is 0 Å². The molecule has 0 radical (unpaired) electrons. The lowest BCUT2D eigenvalue weighted by Crippen LogP contribution is -2.07. The van der Waals surface area contributed by atoms with Crippen LogP contribution in [-0.4, -0.2) is 30.7 Å². The van der Waals surface area contributed by atoms with Crippen molar-refractivity contribution in [2.24, 2.45) is 0 Å². The number of imidazole rings is 1. The van der Waals surface area contributed by atoms with E-state index in [4.69, 9.17) is 5.11 Å². The summed E-state index contributed by atoms with van der Waals surface area (Å²) in [7, 11) is 0. The molecule has 2 aromatic rings. The second-order valence-electron chi connectivity index (χ2n) is 2.93. The standard InChI is InChI=1S/C8H8N4O2/c1-4-6-3-9-5(2)11-12(6)7(10-4)8(13)14/h3H,1-2H3,(H,13,14). The van der Waals surface area contributed by atoms with Crippen LogP contribution in [0.3, 0.4) is 0 Å². The molecule has 6 nitrogen and oxygen atoms in total. The van der Waals surface area contributed by atoms with Gasteiger partial charge in [0, 0.05) is 0 Å². The van der Waals surface area contributed by atoms with Gasteiger partial charge in [0.15, 0.2) is 0 Å². The fraction of sp³-hybridized carbons (Fsp3) is 0.250. The summed E-state index contributed by atoms with van der Waals surface area (Å²) in [6.07, 6.45) is 1.57. The minimum Gasteiger partial charge on any atom is -0.475 e. The van der Waals surface area contributed by atoms with Crippen LogP contribution in [0.15, 0.2) is 6.20 Å². The van der Waals surface area contributed by atoms with E-state index in [9.17, 15) is 4.79 Å². The Labute approximate surface area is 79.2 Å². The smallest absolute Gasteiger partial charge is 0.374 e. The number of rotatable bonds is 1. The first-order valence-electron chi connectivity index (χ1n) is 4.02. The summed E-state index contributed by atoms with van der Waals surface area (Å²) < 4.78 is 1.29. The maximum Gasteiger partial charge on any atom is 0.374 e. The Hall–Kier alpha value is -1.98. The highest BCUT2D eigenvalue weighted by Gasteiger charge is 2.15. The summed E-state index contributed by atoms with van der Waals surface area (Å²) in [5.41, 5.74) is 1.23. The summed E-state index contributed by atoms with van der Waals surface area (Å²) in [5.74, 6) is -0.661. The highest BCUT2D eigenvalue weighted by Crippen LogP contribution is 2.09. The first kappa shape index (κ1) is 8.61. The Morgan fingerprint density at radius 2 is 2.21 bits per heavy atom. The van der Waals surface area contributed by atoms with Gasteiger partial charge in [-0.1, -0.05) is 0 Å². The molecule has 6 heteroatoms. The third-order valence-electron chi connectivity index (χ3n) is 1.88. The monoisotopic (exact) mass is 192 g/mol. The minimum atomic E-state index is -1.09. The number of aromatic nitrogens is 4. The van der Waals surface area contributed by atoms with E-state index in [2.05, 4.69) is 15.1 Å². The van der Waals surface area contributed by atoms with E-state index < -0.39 is 5.97 Å². The lowest BCUT2D eigenvalue weighted by molar-refractivity contribution is 0.0681. The second kappa shape index (κ2) is 2.76. The van der Waals surface area contributed by atoms with Crippen LogP contribution < -0.4 is 0 Å². The van der Waals surface area contributed by atoms with E-state index in [1.54, 1.807) is 20.0 Å². The number of nitrogens with zero attached hydrogens (tertiary/aromatic N) is 4. The molecule has 0 atom stereocenters. The fourth-order valence-electron chi connectivity index (χ4n) is 1.24. The van der Waals surface area contributed by atoms with Crippen molar-refractivity contribution >= 4 is 11.5 Å². The number of hydrogen-bond donors (Lipinski definition) is 1. The van der Waals surface area contributed by atoms with Crippen LogP contribution in [0.5, 0.6) is 0 Å². The van der Waals surface area contributed by atoms with Gasteiger partial charge in [0.1, 0.15) is 11.3 Å². The van der Waals surface area contributed by atoms with Gasteiger partial charge in [-0.3, -0.25) is 0 Å². The molecule has 1 N–H and O–H groups in total. The molecule has 0 fully saturated rings. The number of carboxylic acid groups (broad SMARTS) is 1. The first-order chi connectivity index (χ1) is 6.59. The van der Waals surface area contributed by atoms with E-state index in [1.807, 2.05) is 0 Å². The molecule has 0 aliphatic carbocycles. The molecule has 0 aliphatic heterocycles. The van der Waals surface area contributed by atoms with Crippen molar-refractivity contribution in [2.45, 2.75) is 13.8 Å². The Bertz CT molecular complexity index is 517. The van der Waals surface area contributed by atoms with Gasteiger partial charge in [-0.2, -0.15) is 5.10 Å². The van der Waals surface area contributed by atoms with Crippen LogP contribution in [0.4, 0.5) is 0 Å². The molecule has 72 valence electrons. The van der Waals surface area contributed by atoms with Gasteiger partial charge in [-0.05, 0) is 13.8 Å². The molecule has 0 amide bonds. The Kier molecular flexibility index (Phi) is 1.70. The van der Waals surface area contributed by atoms with Crippen molar-refractivity contribution in [3.8, 4) is 0 Å². The molecular weight excluding hydrogens is 184 g/mol. The predicted octanol–water partition coefficient (Wildman–Crippen LogP) is 0.439. The number of aryl methyl sites for hydroxylation is 2. The van der Waals surface area contributed by atoms with Gasteiger partial charge < -0.3 is 5.11 Å². The number of carbonyl (C=O) groups is 1. The quantitative estimate of drug-likeness (QED) is 0.709. The van der Waals surface area contributed by atoms with Crippen molar-refractivity contribution in [1.82, 2.24) is 19.6 Å². The average molecular weight is 192 g/mol. The number of fused-ring (bicyclic) bond motifs is 1. The van der Waals surface area contributed by atoms with Crippen LogP contribution in [0.1, 0.15) is 22.1 Å². The van der Waals surface area contributed by atoms with Crippen LogP contribution in [0, 0.1) is 13.8 Å². The highest BCUT2D eigenvalue weighted by molar-refractivity contribution is 5.85. The Morgan fingerprint density at radius 3 is 2.86 bits per heavy atom. The molecule has 0 spiro atoms. The normalized spacial score (nSPS) is 10.7.